The largest absolute Gasteiger partial charge is 0.481 e. The summed E-state index contributed by atoms with van der Waals surface area (Å²) in [4.78, 5) is 23.8. The fourth-order valence-electron chi connectivity index (χ4n) is 1.95. The van der Waals surface area contributed by atoms with Gasteiger partial charge in [-0.05, 0) is 5.56 Å². The minimum absolute atomic E-state index is 0.0597. The van der Waals surface area contributed by atoms with Crippen molar-refractivity contribution in [3.8, 4) is 0 Å². The Morgan fingerprint density at radius 1 is 1.35 bits per heavy atom. The van der Waals surface area contributed by atoms with Crippen molar-refractivity contribution in [1.29, 1.82) is 0 Å². The van der Waals surface area contributed by atoms with E-state index in [4.69, 9.17) is 5.11 Å². The number of carboxylic acid groups (broad SMARTS) is 1. The molecule has 1 fully saturated rings. The number of hydrogen-bond donors (Lipinski definition) is 2. The van der Waals surface area contributed by atoms with Crippen LogP contribution >= 0.6 is 0 Å². The van der Waals surface area contributed by atoms with Crippen LogP contribution < -0.4 is 0 Å². The van der Waals surface area contributed by atoms with Crippen molar-refractivity contribution in [1.82, 2.24) is 4.90 Å². The van der Waals surface area contributed by atoms with E-state index in [1.54, 1.807) is 0 Å². The fraction of sp³-hybridized carbons (Fsp3) is 0.333. The lowest BCUT2D eigenvalue weighted by Gasteiger charge is -2.15. The SMILES string of the molecule is O=C(O)[C@H]1CN(Cc2ccccc2)C(=O)[C@@H]1O. The number of amides is 1. The Kier molecular flexibility index (Phi) is 3.10. The van der Waals surface area contributed by atoms with Gasteiger partial charge in [0.05, 0.1) is 0 Å². The average molecular weight is 235 g/mol. The van der Waals surface area contributed by atoms with Crippen LogP contribution in [-0.4, -0.2) is 39.6 Å². The Balaban J connectivity index is 2.09. The molecule has 0 saturated carbocycles. The molecule has 1 aliphatic rings. The molecule has 1 aromatic rings. The molecule has 1 heterocycles. The molecule has 0 aliphatic carbocycles. The minimum atomic E-state index is -1.42. The first-order chi connectivity index (χ1) is 8.09. The number of aliphatic carboxylic acids is 1. The van der Waals surface area contributed by atoms with Gasteiger partial charge in [-0.1, -0.05) is 30.3 Å². The van der Waals surface area contributed by atoms with Crippen LogP contribution in [0.3, 0.4) is 0 Å². The second-order valence-corrected chi connectivity index (χ2v) is 4.09. The van der Waals surface area contributed by atoms with Crippen LogP contribution in [0.25, 0.3) is 0 Å². The number of carbonyl (C=O) groups excluding carboxylic acids is 1. The summed E-state index contributed by atoms with van der Waals surface area (Å²) in [5, 5.41) is 18.4. The zero-order valence-corrected chi connectivity index (χ0v) is 9.11. The topological polar surface area (TPSA) is 77.8 Å². The molecule has 0 spiro atoms. The highest BCUT2D eigenvalue weighted by atomic mass is 16.4. The Morgan fingerprint density at radius 2 is 2.00 bits per heavy atom. The van der Waals surface area contributed by atoms with Crippen LogP contribution in [0, 0.1) is 5.92 Å². The number of nitrogens with zero attached hydrogens (tertiary/aromatic N) is 1. The van der Waals surface area contributed by atoms with Crippen LogP contribution in [0.5, 0.6) is 0 Å². The molecule has 1 aliphatic heterocycles. The number of likely N-dealkylation sites (tertiary alicyclic amines) is 1. The van der Waals surface area contributed by atoms with Crippen LogP contribution in [0.4, 0.5) is 0 Å². The van der Waals surface area contributed by atoms with Crippen molar-refractivity contribution >= 4 is 11.9 Å². The minimum Gasteiger partial charge on any atom is -0.481 e. The number of carboxylic acids is 1. The second-order valence-electron chi connectivity index (χ2n) is 4.09. The van der Waals surface area contributed by atoms with E-state index in [-0.39, 0.29) is 6.54 Å². The van der Waals surface area contributed by atoms with Crippen LogP contribution in [-0.2, 0) is 16.1 Å². The van der Waals surface area contributed by atoms with E-state index in [2.05, 4.69) is 0 Å². The molecule has 90 valence electrons. The van der Waals surface area contributed by atoms with Gasteiger partial charge >= 0.3 is 5.97 Å². The molecular weight excluding hydrogens is 222 g/mol. The van der Waals surface area contributed by atoms with E-state index in [1.165, 1.54) is 4.90 Å². The predicted octanol–water partition coefficient (Wildman–Crippen LogP) is 0.0905. The predicted molar refractivity (Wildman–Crippen MR) is 59.0 cm³/mol. The van der Waals surface area contributed by atoms with Gasteiger partial charge in [-0.2, -0.15) is 0 Å². The lowest BCUT2D eigenvalue weighted by atomic mass is 10.1. The zero-order valence-electron chi connectivity index (χ0n) is 9.11. The Bertz CT molecular complexity index is 431. The number of carbonyl (C=O) groups is 2. The summed E-state index contributed by atoms with van der Waals surface area (Å²) in [7, 11) is 0. The zero-order chi connectivity index (χ0) is 12.4. The van der Waals surface area contributed by atoms with E-state index >= 15 is 0 Å². The third-order valence-electron chi connectivity index (χ3n) is 2.90. The van der Waals surface area contributed by atoms with Gasteiger partial charge in [-0.3, -0.25) is 9.59 Å². The lowest BCUT2D eigenvalue weighted by molar-refractivity contribution is -0.146. The Morgan fingerprint density at radius 3 is 2.53 bits per heavy atom. The first-order valence-corrected chi connectivity index (χ1v) is 5.33. The molecule has 1 amide bonds. The monoisotopic (exact) mass is 235 g/mol. The number of aliphatic hydroxyl groups excluding tert-OH is 1. The molecule has 5 nitrogen and oxygen atoms in total. The molecule has 17 heavy (non-hydrogen) atoms. The van der Waals surface area contributed by atoms with Gasteiger partial charge < -0.3 is 15.1 Å². The van der Waals surface area contributed by atoms with E-state index in [1.807, 2.05) is 30.3 Å². The van der Waals surface area contributed by atoms with Gasteiger partial charge in [0.15, 0.2) is 0 Å². The van der Waals surface area contributed by atoms with Crippen molar-refractivity contribution in [2.45, 2.75) is 12.6 Å². The molecule has 5 heteroatoms. The molecule has 2 atom stereocenters. The summed E-state index contributed by atoms with van der Waals surface area (Å²) in [6.45, 7) is 0.394. The summed E-state index contributed by atoms with van der Waals surface area (Å²) in [6, 6.07) is 9.27. The highest BCUT2D eigenvalue weighted by Crippen LogP contribution is 2.20. The molecule has 1 aromatic carbocycles. The summed E-state index contributed by atoms with van der Waals surface area (Å²) in [6.07, 6.45) is -1.42. The molecule has 0 unspecified atom stereocenters. The normalized spacial score (nSPS) is 24.1. The van der Waals surface area contributed by atoms with Crippen LogP contribution in [0.1, 0.15) is 5.56 Å². The third kappa shape index (κ3) is 2.29. The van der Waals surface area contributed by atoms with Gasteiger partial charge in [-0.25, -0.2) is 0 Å². The van der Waals surface area contributed by atoms with Crippen LogP contribution in [0.2, 0.25) is 0 Å². The average Bonchev–Trinajstić information content (AvgIpc) is 2.59. The molecule has 0 bridgehead atoms. The molecule has 0 aromatic heterocycles. The van der Waals surface area contributed by atoms with E-state index < -0.39 is 23.9 Å². The van der Waals surface area contributed by atoms with E-state index in [9.17, 15) is 14.7 Å². The quantitative estimate of drug-likeness (QED) is 0.778. The molecule has 2 N–H and O–H groups in total. The van der Waals surface area contributed by atoms with E-state index in [0.717, 1.165) is 5.56 Å². The number of benzene rings is 1. The number of aliphatic hydroxyl groups is 1. The maximum Gasteiger partial charge on any atom is 0.311 e. The summed E-state index contributed by atoms with van der Waals surface area (Å²) >= 11 is 0. The highest BCUT2D eigenvalue weighted by molar-refractivity contribution is 5.90. The molecular formula is C12H13NO4. The van der Waals surface area contributed by atoms with Gasteiger partial charge in [0.1, 0.15) is 12.0 Å². The fourth-order valence-corrected chi connectivity index (χ4v) is 1.95. The molecule has 0 radical (unpaired) electrons. The second kappa shape index (κ2) is 4.55. The van der Waals surface area contributed by atoms with Gasteiger partial charge in [0, 0.05) is 13.1 Å². The molecule has 1 saturated heterocycles. The van der Waals surface area contributed by atoms with Crippen molar-refractivity contribution < 1.29 is 19.8 Å². The maximum absolute atomic E-state index is 11.6. The van der Waals surface area contributed by atoms with E-state index in [0.29, 0.717) is 6.54 Å². The van der Waals surface area contributed by atoms with Crippen molar-refractivity contribution in [3.63, 3.8) is 0 Å². The Hall–Kier alpha value is -1.88. The maximum atomic E-state index is 11.6. The Labute approximate surface area is 98.3 Å². The summed E-state index contributed by atoms with van der Waals surface area (Å²) < 4.78 is 0. The van der Waals surface area contributed by atoms with Crippen LogP contribution in [0.15, 0.2) is 30.3 Å². The highest BCUT2D eigenvalue weighted by Gasteiger charge is 2.43. The van der Waals surface area contributed by atoms with Crippen molar-refractivity contribution in [2.75, 3.05) is 6.54 Å². The van der Waals surface area contributed by atoms with Gasteiger partial charge in [0.25, 0.3) is 5.91 Å². The summed E-state index contributed by atoms with van der Waals surface area (Å²) in [5.41, 5.74) is 0.916. The standard InChI is InChI=1S/C12H13NO4/c14-10-9(12(16)17)7-13(11(10)15)6-8-4-2-1-3-5-8/h1-5,9-10,14H,6-7H2,(H,16,17)/t9-,10+/m0/s1. The summed E-state index contributed by atoms with van der Waals surface area (Å²) in [5.74, 6) is -2.67. The first kappa shape index (κ1) is 11.6. The smallest absolute Gasteiger partial charge is 0.311 e. The van der Waals surface area contributed by atoms with Crippen molar-refractivity contribution in [2.24, 2.45) is 5.92 Å². The third-order valence-corrected chi connectivity index (χ3v) is 2.90. The number of hydrogen-bond acceptors (Lipinski definition) is 3. The molecule has 2 rings (SSSR count). The van der Waals surface area contributed by atoms with Crippen molar-refractivity contribution in [3.05, 3.63) is 35.9 Å². The van der Waals surface area contributed by atoms with Gasteiger partial charge in [0.2, 0.25) is 0 Å². The number of rotatable bonds is 3. The lowest BCUT2D eigenvalue weighted by Crippen LogP contribution is -2.30. The first-order valence-electron chi connectivity index (χ1n) is 5.33. The van der Waals surface area contributed by atoms with Gasteiger partial charge in [-0.15, -0.1) is 0 Å².